The van der Waals surface area contributed by atoms with Gasteiger partial charge < -0.3 is 105 Å². The van der Waals surface area contributed by atoms with Crippen LogP contribution >= 0.6 is 0 Å². The second kappa shape index (κ2) is 15.6. The lowest BCUT2D eigenvalue weighted by Crippen LogP contribution is -2.67. The molecule has 4 aliphatic heterocycles. The predicted octanol–water partition coefficient (Wildman–Crippen LogP) is -9.75. The zero-order valence-electron chi connectivity index (χ0n) is 23.5. The summed E-state index contributed by atoms with van der Waals surface area (Å²) in [5.41, 5.74) is 0. The highest BCUT2D eigenvalue weighted by Gasteiger charge is 2.55. The molecular weight excluding hydrogens is 624 g/mol. The number of hydrogen-bond acceptors (Lipinski definition) is 21. The van der Waals surface area contributed by atoms with E-state index in [1.165, 1.54) is 0 Å². The minimum absolute atomic E-state index is 0.787. The van der Waals surface area contributed by atoms with Crippen LogP contribution in [0.5, 0.6) is 0 Å². The summed E-state index contributed by atoms with van der Waals surface area (Å²) in [5.74, 6) is 0. The van der Waals surface area contributed by atoms with Gasteiger partial charge in [0, 0.05) is 0 Å². The SMILES string of the molecule is OC[C@H]1O[C@H](O[C@H]2[C@@H](O)[C@@H](CO)O[C@@H](O[C@@H]3[C@H](O)[C@@H](O)[C@@H](O[C@H]4[C@@H](O)[C@@H](CO)OC(O)[C@@H]4O)O[C@@H]3CO)[C@@H]2O)[C@H](O)[C@@H](O)[C@H]1O. The number of rotatable bonds is 10. The Kier molecular flexibility index (Phi) is 12.8. The third-order valence-electron chi connectivity index (χ3n) is 8.21. The van der Waals surface area contributed by atoms with Gasteiger partial charge >= 0.3 is 0 Å². The van der Waals surface area contributed by atoms with Gasteiger partial charge in [0.15, 0.2) is 25.2 Å². The van der Waals surface area contributed by atoms with Gasteiger partial charge in [-0.15, -0.1) is 0 Å². The normalized spacial score (nSPS) is 52.9. The summed E-state index contributed by atoms with van der Waals surface area (Å²) in [6, 6.07) is 0. The van der Waals surface area contributed by atoms with E-state index in [0.717, 1.165) is 0 Å². The summed E-state index contributed by atoms with van der Waals surface area (Å²) >= 11 is 0. The molecule has 4 heterocycles. The van der Waals surface area contributed by atoms with Gasteiger partial charge in [0.2, 0.25) is 0 Å². The molecule has 0 spiro atoms. The van der Waals surface area contributed by atoms with Crippen molar-refractivity contribution in [1.82, 2.24) is 0 Å². The van der Waals surface area contributed by atoms with Crippen LogP contribution < -0.4 is 0 Å². The van der Waals surface area contributed by atoms with E-state index < -0.39 is 149 Å². The smallest absolute Gasteiger partial charge is 0.187 e. The van der Waals surface area contributed by atoms with Crippen LogP contribution in [0.25, 0.3) is 0 Å². The lowest BCUT2D eigenvalue weighted by atomic mass is 9.95. The summed E-state index contributed by atoms with van der Waals surface area (Å²) < 4.78 is 37.5. The predicted molar refractivity (Wildman–Crippen MR) is 134 cm³/mol. The molecule has 0 aromatic rings. The van der Waals surface area contributed by atoms with Gasteiger partial charge in [0.25, 0.3) is 0 Å². The number of aliphatic hydroxyl groups is 14. The van der Waals surface area contributed by atoms with Crippen LogP contribution in [0.4, 0.5) is 0 Å². The van der Waals surface area contributed by atoms with Crippen molar-refractivity contribution in [3.05, 3.63) is 0 Å². The fourth-order valence-electron chi connectivity index (χ4n) is 5.53. The molecule has 0 aliphatic carbocycles. The van der Waals surface area contributed by atoms with Crippen molar-refractivity contribution >= 4 is 0 Å². The molecule has 0 aromatic heterocycles. The highest BCUT2D eigenvalue weighted by atomic mass is 16.8. The maximum absolute atomic E-state index is 11.0. The highest BCUT2D eigenvalue weighted by Crippen LogP contribution is 2.34. The van der Waals surface area contributed by atoms with Gasteiger partial charge in [-0.2, -0.15) is 0 Å². The van der Waals surface area contributed by atoms with E-state index in [1.807, 2.05) is 0 Å². The van der Waals surface area contributed by atoms with Crippen molar-refractivity contribution in [3.8, 4) is 0 Å². The van der Waals surface area contributed by atoms with E-state index in [-0.39, 0.29) is 0 Å². The third kappa shape index (κ3) is 7.44. The Morgan fingerprint density at radius 2 is 0.711 bits per heavy atom. The lowest BCUT2D eigenvalue weighted by Gasteiger charge is -2.49. The van der Waals surface area contributed by atoms with Crippen LogP contribution in [0.2, 0.25) is 0 Å². The van der Waals surface area contributed by atoms with Crippen LogP contribution in [-0.4, -0.2) is 221 Å². The summed E-state index contributed by atoms with van der Waals surface area (Å²) in [7, 11) is 0. The number of hydrogen-bond donors (Lipinski definition) is 14. The maximum atomic E-state index is 11.0. The molecule has 0 radical (unpaired) electrons. The Balaban J connectivity index is 1.48. The second-order valence-electron chi connectivity index (χ2n) is 11.1. The average Bonchev–Trinajstić information content (AvgIpc) is 3.03. The largest absolute Gasteiger partial charge is 0.394 e. The molecule has 4 aliphatic rings. The fourth-order valence-corrected chi connectivity index (χ4v) is 5.53. The van der Waals surface area contributed by atoms with E-state index in [9.17, 15) is 71.5 Å². The van der Waals surface area contributed by atoms with Crippen molar-refractivity contribution in [1.29, 1.82) is 0 Å². The zero-order chi connectivity index (χ0) is 33.3. The van der Waals surface area contributed by atoms with Gasteiger partial charge in [-0.25, -0.2) is 0 Å². The van der Waals surface area contributed by atoms with Gasteiger partial charge in [-0.1, -0.05) is 0 Å². The molecule has 1 unspecified atom stereocenters. The molecule has 0 saturated carbocycles. The molecule has 45 heavy (non-hydrogen) atoms. The first kappa shape index (κ1) is 37.0. The molecule has 0 bridgehead atoms. The molecule has 264 valence electrons. The van der Waals surface area contributed by atoms with Gasteiger partial charge in [0.05, 0.1) is 26.4 Å². The van der Waals surface area contributed by atoms with Crippen molar-refractivity contribution in [2.45, 2.75) is 123 Å². The molecule has 21 nitrogen and oxygen atoms in total. The summed E-state index contributed by atoms with van der Waals surface area (Å²) in [5, 5.41) is 143. The topological polar surface area (TPSA) is 348 Å². The summed E-state index contributed by atoms with van der Waals surface area (Å²) in [6.07, 6.45) is -35.7. The number of ether oxygens (including phenoxy) is 7. The fraction of sp³-hybridized carbons (Fsp3) is 1.00. The minimum atomic E-state index is -2.04. The molecule has 4 fully saturated rings. The lowest BCUT2D eigenvalue weighted by molar-refractivity contribution is -0.388. The van der Waals surface area contributed by atoms with Crippen LogP contribution in [-0.2, 0) is 33.2 Å². The Hall–Kier alpha value is -0.840. The Labute approximate surface area is 254 Å². The van der Waals surface area contributed by atoms with Crippen LogP contribution in [0.1, 0.15) is 0 Å². The van der Waals surface area contributed by atoms with E-state index in [2.05, 4.69) is 0 Å². The van der Waals surface area contributed by atoms with Crippen LogP contribution in [0.3, 0.4) is 0 Å². The molecule has 21 heteroatoms. The first-order chi connectivity index (χ1) is 21.3. The van der Waals surface area contributed by atoms with E-state index in [0.29, 0.717) is 0 Å². The summed E-state index contributed by atoms with van der Waals surface area (Å²) in [4.78, 5) is 0. The van der Waals surface area contributed by atoms with Crippen molar-refractivity contribution in [2.24, 2.45) is 0 Å². The molecule has 0 aromatic carbocycles. The van der Waals surface area contributed by atoms with E-state index in [1.54, 1.807) is 0 Å². The first-order valence-corrected chi connectivity index (χ1v) is 14.1. The molecule has 4 saturated heterocycles. The van der Waals surface area contributed by atoms with Crippen molar-refractivity contribution in [3.63, 3.8) is 0 Å². The molecule has 20 atom stereocenters. The van der Waals surface area contributed by atoms with Crippen LogP contribution in [0.15, 0.2) is 0 Å². The molecule has 0 amide bonds. The van der Waals surface area contributed by atoms with Crippen molar-refractivity contribution < 1.29 is 105 Å². The summed E-state index contributed by atoms with van der Waals surface area (Å²) in [6.45, 7) is -3.40. The molecule has 14 N–H and O–H groups in total. The second-order valence-corrected chi connectivity index (χ2v) is 11.1. The van der Waals surface area contributed by atoms with Gasteiger partial charge in [-0.05, 0) is 0 Å². The zero-order valence-corrected chi connectivity index (χ0v) is 23.5. The highest BCUT2D eigenvalue weighted by molar-refractivity contribution is 4.97. The van der Waals surface area contributed by atoms with E-state index in [4.69, 9.17) is 33.2 Å². The number of aliphatic hydroxyl groups excluding tert-OH is 14. The third-order valence-corrected chi connectivity index (χ3v) is 8.21. The maximum Gasteiger partial charge on any atom is 0.187 e. The Bertz CT molecular complexity index is 914. The average molecular weight is 667 g/mol. The monoisotopic (exact) mass is 666 g/mol. The quantitative estimate of drug-likeness (QED) is 0.103. The minimum Gasteiger partial charge on any atom is -0.394 e. The molecule has 4 rings (SSSR count). The van der Waals surface area contributed by atoms with E-state index >= 15 is 0 Å². The van der Waals surface area contributed by atoms with Gasteiger partial charge in [0.1, 0.15) is 97.7 Å². The van der Waals surface area contributed by atoms with Crippen LogP contribution in [0, 0.1) is 0 Å². The van der Waals surface area contributed by atoms with Gasteiger partial charge in [-0.3, -0.25) is 0 Å². The Morgan fingerprint density at radius 1 is 0.333 bits per heavy atom. The Morgan fingerprint density at radius 3 is 1.22 bits per heavy atom. The van der Waals surface area contributed by atoms with Crippen molar-refractivity contribution in [2.75, 3.05) is 26.4 Å². The molecular formula is C24H42O21. The first-order valence-electron chi connectivity index (χ1n) is 14.1. The standard InChI is InChI=1S/C24H42O21/c25-1-5-9(29)12(32)14(34)22(40-5)45-20-11(31)7(3-27)41-24(17(20)37)43-18-8(4-28)42-23(15(35)13(18)33)44-19-10(30)6(2-26)39-21(38)16(19)36/h5-38H,1-4H2/t5-,6-,7-,8-,9+,10+,11+,12+,13-,14-,15-,16-,17-,18+,19+,20+,21?,22-,23-,24+/m1/s1.